The third kappa shape index (κ3) is 53.2. The quantitative estimate of drug-likeness (QED) is 0.0344. The lowest BCUT2D eigenvalue weighted by molar-refractivity contribution is -0.167. The fourth-order valence-electron chi connectivity index (χ4n) is 9.15. The molecule has 0 aliphatic heterocycles. The van der Waals surface area contributed by atoms with Gasteiger partial charge in [0, 0.05) is 19.3 Å². The van der Waals surface area contributed by atoms with Crippen LogP contribution in [0, 0.1) is 0 Å². The summed E-state index contributed by atoms with van der Waals surface area (Å²) in [6, 6.07) is 0. The Morgan fingerprint density at radius 1 is 0.246 bits per heavy atom. The molecule has 0 spiro atoms. The third-order valence-corrected chi connectivity index (χ3v) is 13.6. The van der Waals surface area contributed by atoms with Gasteiger partial charge in [0.1, 0.15) is 13.2 Å². The number of carbonyl (C=O) groups excluding carboxylic acids is 3. The summed E-state index contributed by atoms with van der Waals surface area (Å²) in [5, 5.41) is 0. The van der Waals surface area contributed by atoms with E-state index in [1.165, 1.54) is 238 Å². The zero-order valence-corrected chi connectivity index (χ0v) is 44.3. The highest BCUT2D eigenvalue weighted by Crippen LogP contribution is 2.18. The molecule has 0 aromatic rings. The standard InChI is InChI=1S/C59H114O6/c1-4-7-10-13-15-17-19-21-23-25-27-28-29-30-31-32-34-35-37-39-41-43-46-49-52-58(61)64-55-56(54-63-57(60)51-48-45-12-9-6-3)65-59(62)53-50-47-44-42-40-38-36-33-26-24-22-20-18-16-14-11-8-5-2/h56H,4-55H2,1-3H3. The van der Waals surface area contributed by atoms with Crippen molar-refractivity contribution in [2.75, 3.05) is 13.2 Å². The van der Waals surface area contributed by atoms with Crippen molar-refractivity contribution in [2.24, 2.45) is 0 Å². The van der Waals surface area contributed by atoms with Crippen molar-refractivity contribution in [1.82, 2.24) is 0 Å². The Bertz CT molecular complexity index is 967. The van der Waals surface area contributed by atoms with E-state index in [9.17, 15) is 14.4 Å². The summed E-state index contributed by atoms with van der Waals surface area (Å²) >= 11 is 0. The minimum Gasteiger partial charge on any atom is -0.462 e. The normalized spacial score (nSPS) is 11.9. The molecule has 6 nitrogen and oxygen atoms in total. The molecular formula is C59H114O6. The van der Waals surface area contributed by atoms with Crippen molar-refractivity contribution < 1.29 is 28.6 Å². The van der Waals surface area contributed by atoms with Gasteiger partial charge in [-0.1, -0.05) is 303 Å². The van der Waals surface area contributed by atoms with Gasteiger partial charge in [0.15, 0.2) is 6.10 Å². The molecule has 0 fully saturated rings. The second-order valence-corrected chi connectivity index (χ2v) is 20.3. The minimum absolute atomic E-state index is 0.0626. The molecule has 0 saturated carbocycles. The van der Waals surface area contributed by atoms with Gasteiger partial charge in [0.25, 0.3) is 0 Å². The lowest BCUT2D eigenvalue weighted by Crippen LogP contribution is -2.30. The average Bonchev–Trinajstić information content (AvgIpc) is 3.30. The molecule has 1 unspecified atom stereocenters. The van der Waals surface area contributed by atoms with E-state index in [1.54, 1.807) is 0 Å². The maximum absolute atomic E-state index is 12.8. The number of rotatable bonds is 55. The smallest absolute Gasteiger partial charge is 0.306 e. The Hall–Kier alpha value is -1.59. The number of hydrogen-bond acceptors (Lipinski definition) is 6. The van der Waals surface area contributed by atoms with Crippen molar-refractivity contribution in [2.45, 2.75) is 348 Å². The van der Waals surface area contributed by atoms with Crippen LogP contribution in [0.25, 0.3) is 0 Å². The largest absolute Gasteiger partial charge is 0.462 e. The van der Waals surface area contributed by atoms with Crippen LogP contribution in [0.3, 0.4) is 0 Å². The number of carbonyl (C=O) groups is 3. The molecule has 0 bridgehead atoms. The second kappa shape index (κ2) is 55.0. The summed E-state index contributed by atoms with van der Waals surface area (Å²) in [6.45, 7) is 6.63. The molecule has 0 rings (SSSR count). The summed E-state index contributed by atoms with van der Waals surface area (Å²) in [5.41, 5.74) is 0. The first-order valence-corrected chi connectivity index (χ1v) is 29.5. The third-order valence-electron chi connectivity index (χ3n) is 13.6. The summed E-state index contributed by atoms with van der Waals surface area (Å²) in [4.78, 5) is 37.8. The van der Waals surface area contributed by atoms with Crippen LogP contribution in [0.2, 0.25) is 0 Å². The van der Waals surface area contributed by atoms with E-state index in [0.717, 1.165) is 64.2 Å². The Morgan fingerprint density at radius 2 is 0.415 bits per heavy atom. The molecule has 65 heavy (non-hydrogen) atoms. The van der Waals surface area contributed by atoms with Crippen molar-refractivity contribution in [3.05, 3.63) is 0 Å². The van der Waals surface area contributed by atoms with Gasteiger partial charge in [0.2, 0.25) is 0 Å². The molecule has 0 amide bonds. The van der Waals surface area contributed by atoms with Crippen LogP contribution < -0.4 is 0 Å². The van der Waals surface area contributed by atoms with Crippen molar-refractivity contribution >= 4 is 17.9 Å². The summed E-state index contributed by atoms with van der Waals surface area (Å²) in [5.74, 6) is -0.851. The van der Waals surface area contributed by atoms with E-state index >= 15 is 0 Å². The first kappa shape index (κ1) is 63.4. The molecule has 386 valence electrons. The van der Waals surface area contributed by atoms with Gasteiger partial charge in [-0.25, -0.2) is 0 Å². The van der Waals surface area contributed by atoms with E-state index in [1.807, 2.05) is 0 Å². The van der Waals surface area contributed by atoms with Gasteiger partial charge in [-0.2, -0.15) is 0 Å². The molecule has 0 aromatic carbocycles. The van der Waals surface area contributed by atoms with Crippen LogP contribution >= 0.6 is 0 Å². The molecule has 0 aromatic heterocycles. The van der Waals surface area contributed by atoms with Crippen molar-refractivity contribution in [3.63, 3.8) is 0 Å². The van der Waals surface area contributed by atoms with E-state index in [2.05, 4.69) is 20.8 Å². The number of ether oxygens (including phenoxy) is 3. The Kier molecular flexibility index (Phi) is 53.7. The fraction of sp³-hybridized carbons (Fsp3) is 0.949. The molecule has 0 heterocycles. The second-order valence-electron chi connectivity index (χ2n) is 20.3. The Balaban J connectivity index is 3.99. The topological polar surface area (TPSA) is 78.9 Å². The molecular weight excluding hydrogens is 805 g/mol. The van der Waals surface area contributed by atoms with Gasteiger partial charge in [-0.3, -0.25) is 14.4 Å². The molecule has 1 atom stereocenters. The Morgan fingerprint density at radius 3 is 0.615 bits per heavy atom. The van der Waals surface area contributed by atoms with E-state index in [-0.39, 0.29) is 31.1 Å². The predicted molar refractivity (Wildman–Crippen MR) is 280 cm³/mol. The SMILES string of the molecule is CCCCCCCCCCCCCCCCCCCCCCCCCCC(=O)OCC(COC(=O)CCCCCCC)OC(=O)CCCCCCCCCCCCCCCCCCCC. The molecule has 0 N–H and O–H groups in total. The summed E-state index contributed by atoms with van der Waals surface area (Å²) < 4.78 is 16.7. The molecule has 0 aliphatic carbocycles. The first-order valence-electron chi connectivity index (χ1n) is 29.5. The average molecular weight is 920 g/mol. The van der Waals surface area contributed by atoms with E-state index in [4.69, 9.17) is 14.2 Å². The van der Waals surface area contributed by atoms with Gasteiger partial charge in [-0.15, -0.1) is 0 Å². The van der Waals surface area contributed by atoms with Crippen LogP contribution in [-0.2, 0) is 28.6 Å². The van der Waals surface area contributed by atoms with Crippen LogP contribution in [0.5, 0.6) is 0 Å². The van der Waals surface area contributed by atoms with Gasteiger partial charge in [0.05, 0.1) is 0 Å². The molecule has 0 aliphatic rings. The van der Waals surface area contributed by atoms with Crippen molar-refractivity contribution in [1.29, 1.82) is 0 Å². The fourth-order valence-corrected chi connectivity index (χ4v) is 9.15. The minimum atomic E-state index is -0.759. The molecule has 0 saturated heterocycles. The highest BCUT2D eigenvalue weighted by Gasteiger charge is 2.19. The zero-order chi connectivity index (χ0) is 47.2. The van der Waals surface area contributed by atoms with E-state index < -0.39 is 6.10 Å². The van der Waals surface area contributed by atoms with E-state index in [0.29, 0.717) is 19.3 Å². The lowest BCUT2D eigenvalue weighted by atomic mass is 10.0. The molecule has 0 radical (unpaired) electrons. The predicted octanol–water partition coefficient (Wildman–Crippen LogP) is 19.5. The lowest BCUT2D eigenvalue weighted by Gasteiger charge is -2.18. The highest BCUT2D eigenvalue weighted by molar-refractivity contribution is 5.71. The van der Waals surface area contributed by atoms with Crippen LogP contribution in [0.4, 0.5) is 0 Å². The zero-order valence-electron chi connectivity index (χ0n) is 44.3. The van der Waals surface area contributed by atoms with Gasteiger partial charge in [-0.05, 0) is 19.3 Å². The Labute approximate surface area is 406 Å². The molecule has 6 heteroatoms. The maximum Gasteiger partial charge on any atom is 0.306 e. The van der Waals surface area contributed by atoms with Gasteiger partial charge < -0.3 is 14.2 Å². The van der Waals surface area contributed by atoms with Crippen LogP contribution in [-0.4, -0.2) is 37.2 Å². The van der Waals surface area contributed by atoms with Gasteiger partial charge >= 0.3 is 17.9 Å². The van der Waals surface area contributed by atoms with Crippen molar-refractivity contribution in [3.8, 4) is 0 Å². The van der Waals surface area contributed by atoms with Crippen LogP contribution in [0.1, 0.15) is 342 Å². The maximum atomic E-state index is 12.8. The monoisotopic (exact) mass is 919 g/mol. The van der Waals surface area contributed by atoms with Crippen LogP contribution in [0.15, 0.2) is 0 Å². The number of esters is 3. The number of unbranched alkanes of at least 4 members (excludes halogenated alkanes) is 44. The highest BCUT2D eigenvalue weighted by atomic mass is 16.6. The summed E-state index contributed by atoms with van der Waals surface area (Å²) in [6.07, 6.45) is 61.5. The first-order chi connectivity index (χ1) is 32.0. The number of hydrogen-bond donors (Lipinski definition) is 0. The summed E-state index contributed by atoms with van der Waals surface area (Å²) in [7, 11) is 0.